The molecule has 242 valence electrons. The molecule has 0 amide bonds. The lowest BCUT2D eigenvalue weighted by Gasteiger charge is -2.18. The molecule has 0 aliphatic rings. The van der Waals surface area contributed by atoms with Crippen molar-refractivity contribution in [3.8, 4) is 0 Å². The third-order valence-corrected chi connectivity index (χ3v) is 8.33. The highest BCUT2D eigenvalue weighted by Gasteiger charge is 2.26. The van der Waals surface area contributed by atoms with Crippen molar-refractivity contribution >= 4 is 15.6 Å². The van der Waals surface area contributed by atoms with Gasteiger partial charge >= 0.3 is 15.6 Å². The summed E-state index contributed by atoms with van der Waals surface area (Å²) in [6, 6.07) is 0. The van der Waals surface area contributed by atoms with E-state index in [1.807, 2.05) is 0 Å². The summed E-state index contributed by atoms with van der Waals surface area (Å²) in [7, 11) is -7.67. The smallest absolute Gasteiger partial charge is 0.303 e. The van der Waals surface area contributed by atoms with E-state index in [1.165, 1.54) is 102 Å². The third kappa shape index (κ3) is 36.0. The summed E-state index contributed by atoms with van der Waals surface area (Å²) in [4.78, 5) is 16.0. The Hall–Kier alpha value is -0.0400. The van der Waals surface area contributed by atoms with Crippen molar-refractivity contribution in [3.05, 3.63) is 12.7 Å². The SMILES string of the molecule is C=CCOP(=O)(O)O.CCCCCCCCCOP(=O)(OCCCCCCCCC)OCCCCCCCCC. The molecule has 40 heavy (non-hydrogen) atoms. The Morgan fingerprint density at radius 1 is 0.500 bits per heavy atom. The number of hydrogen-bond donors (Lipinski definition) is 2. The molecule has 0 heterocycles. The highest BCUT2D eigenvalue weighted by Crippen LogP contribution is 2.50. The minimum Gasteiger partial charge on any atom is -0.303 e. The Morgan fingerprint density at radius 2 is 0.775 bits per heavy atom. The van der Waals surface area contributed by atoms with E-state index < -0.39 is 15.6 Å². The van der Waals surface area contributed by atoms with Crippen LogP contribution in [0, 0.1) is 0 Å². The molecule has 0 aliphatic carbocycles. The van der Waals surface area contributed by atoms with Crippen LogP contribution >= 0.6 is 15.6 Å². The molecule has 0 aromatic carbocycles. The van der Waals surface area contributed by atoms with Crippen LogP contribution in [-0.2, 0) is 27.2 Å². The van der Waals surface area contributed by atoms with Crippen LogP contribution in [0.5, 0.6) is 0 Å². The van der Waals surface area contributed by atoms with Gasteiger partial charge in [-0.05, 0) is 19.3 Å². The first-order valence-corrected chi connectivity index (χ1v) is 19.1. The maximum absolute atomic E-state index is 13.1. The predicted molar refractivity (Wildman–Crippen MR) is 168 cm³/mol. The van der Waals surface area contributed by atoms with Crippen LogP contribution in [0.1, 0.15) is 156 Å². The molecule has 0 fully saturated rings. The van der Waals surface area contributed by atoms with E-state index in [-0.39, 0.29) is 6.61 Å². The van der Waals surface area contributed by atoms with Gasteiger partial charge in [-0.25, -0.2) is 9.13 Å². The van der Waals surface area contributed by atoms with Crippen molar-refractivity contribution in [2.75, 3.05) is 26.4 Å². The van der Waals surface area contributed by atoms with E-state index in [0.717, 1.165) is 38.5 Å². The van der Waals surface area contributed by atoms with Gasteiger partial charge in [0, 0.05) is 0 Å². The molecular weight excluding hydrogens is 550 g/mol. The minimum absolute atomic E-state index is 0.121. The normalized spacial score (nSPS) is 11.8. The first kappa shape index (κ1) is 42.1. The Labute approximate surface area is 247 Å². The molecule has 0 spiro atoms. The number of unbranched alkanes of at least 4 members (excludes halogenated alkanes) is 18. The van der Waals surface area contributed by atoms with E-state index in [4.69, 9.17) is 23.4 Å². The molecule has 0 rings (SSSR count). The zero-order valence-corrected chi connectivity index (χ0v) is 28.0. The molecular formula is C30H64O8P2. The summed E-state index contributed by atoms with van der Waals surface area (Å²) in [5.74, 6) is 0. The Morgan fingerprint density at radius 3 is 1.00 bits per heavy atom. The number of hydrogen-bond acceptors (Lipinski definition) is 6. The molecule has 10 heteroatoms. The van der Waals surface area contributed by atoms with E-state index in [1.54, 1.807) is 0 Å². The zero-order chi connectivity index (χ0) is 30.2. The van der Waals surface area contributed by atoms with Gasteiger partial charge in [-0.3, -0.25) is 18.1 Å². The summed E-state index contributed by atoms with van der Waals surface area (Å²) >= 11 is 0. The predicted octanol–water partition coefficient (Wildman–Crippen LogP) is 10.7. The summed E-state index contributed by atoms with van der Waals surface area (Å²) in [5.41, 5.74) is 0. The first-order chi connectivity index (χ1) is 19.2. The second kappa shape index (κ2) is 31.9. The summed E-state index contributed by atoms with van der Waals surface area (Å²) in [6.07, 6.45) is 26.7. The number of phosphoric acid groups is 2. The van der Waals surface area contributed by atoms with Crippen molar-refractivity contribution in [3.63, 3.8) is 0 Å². The highest BCUT2D eigenvalue weighted by molar-refractivity contribution is 7.48. The van der Waals surface area contributed by atoms with Crippen LogP contribution in [0.3, 0.4) is 0 Å². The molecule has 0 unspecified atom stereocenters. The van der Waals surface area contributed by atoms with Crippen LogP contribution in [0.15, 0.2) is 12.7 Å². The van der Waals surface area contributed by atoms with E-state index >= 15 is 0 Å². The Bertz CT molecular complexity index is 555. The molecule has 8 nitrogen and oxygen atoms in total. The van der Waals surface area contributed by atoms with Crippen molar-refractivity contribution in [2.45, 2.75) is 156 Å². The molecule has 2 N–H and O–H groups in total. The lowest BCUT2D eigenvalue weighted by molar-refractivity contribution is 0.108. The molecule has 0 saturated carbocycles. The Balaban J connectivity index is 0. The summed E-state index contributed by atoms with van der Waals surface area (Å²) < 4.78 is 43.9. The second-order valence-electron chi connectivity index (χ2n) is 10.4. The average molecular weight is 615 g/mol. The van der Waals surface area contributed by atoms with Crippen LogP contribution in [0.4, 0.5) is 0 Å². The Kier molecular flexibility index (Phi) is 33.6. The monoisotopic (exact) mass is 614 g/mol. The molecule has 0 radical (unpaired) electrons. The minimum atomic E-state index is -4.25. The summed E-state index contributed by atoms with van der Waals surface area (Å²) in [6.45, 7) is 11.2. The van der Waals surface area contributed by atoms with Crippen LogP contribution in [-0.4, -0.2) is 36.2 Å². The van der Waals surface area contributed by atoms with Gasteiger partial charge in [-0.2, -0.15) is 0 Å². The fourth-order valence-electron chi connectivity index (χ4n) is 3.97. The zero-order valence-electron chi connectivity index (χ0n) is 26.2. The van der Waals surface area contributed by atoms with Crippen molar-refractivity contribution in [2.24, 2.45) is 0 Å². The average Bonchev–Trinajstić information content (AvgIpc) is 2.92. The fourth-order valence-corrected chi connectivity index (χ4v) is 5.55. The second-order valence-corrected chi connectivity index (χ2v) is 13.3. The van der Waals surface area contributed by atoms with E-state index in [2.05, 4.69) is 31.9 Å². The van der Waals surface area contributed by atoms with E-state index in [0.29, 0.717) is 19.8 Å². The maximum Gasteiger partial charge on any atom is 0.474 e. The maximum atomic E-state index is 13.1. The topological polar surface area (TPSA) is 112 Å². The standard InChI is InChI=1S/C27H57O4P.C3H7O4P/c1-4-7-10-13-16-19-22-25-29-32(28,30-26-23-20-17-14-11-8-5-2)31-27-24-21-18-15-12-9-6-3;1-2-3-7-8(4,5)6/h4-27H2,1-3H3;2H,1,3H2,(H2,4,5,6). The molecule has 0 aromatic heterocycles. The van der Waals surface area contributed by atoms with Gasteiger partial charge in [0.2, 0.25) is 0 Å². The largest absolute Gasteiger partial charge is 0.474 e. The molecule has 0 aliphatic heterocycles. The third-order valence-electron chi connectivity index (χ3n) is 6.35. The van der Waals surface area contributed by atoms with Crippen LogP contribution in [0.2, 0.25) is 0 Å². The molecule has 0 bridgehead atoms. The highest BCUT2D eigenvalue weighted by atomic mass is 31.2. The van der Waals surface area contributed by atoms with Gasteiger partial charge in [-0.1, -0.05) is 142 Å². The van der Waals surface area contributed by atoms with E-state index in [9.17, 15) is 9.13 Å². The van der Waals surface area contributed by atoms with Crippen molar-refractivity contribution in [1.29, 1.82) is 0 Å². The van der Waals surface area contributed by atoms with Crippen molar-refractivity contribution in [1.82, 2.24) is 0 Å². The lowest BCUT2D eigenvalue weighted by Crippen LogP contribution is -2.04. The quantitative estimate of drug-likeness (QED) is 0.0467. The van der Waals surface area contributed by atoms with Gasteiger partial charge in [0.25, 0.3) is 0 Å². The first-order valence-electron chi connectivity index (χ1n) is 16.1. The van der Waals surface area contributed by atoms with Gasteiger partial charge in [0.05, 0.1) is 26.4 Å². The van der Waals surface area contributed by atoms with Gasteiger partial charge in [-0.15, -0.1) is 6.58 Å². The fraction of sp³-hybridized carbons (Fsp3) is 0.933. The van der Waals surface area contributed by atoms with Gasteiger partial charge in [0.15, 0.2) is 0 Å². The molecule has 0 aromatic rings. The van der Waals surface area contributed by atoms with Crippen LogP contribution < -0.4 is 0 Å². The lowest BCUT2D eigenvalue weighted by atomic mass is 10.1. The van der Waals surface area contributed by atoms with Gasteiger partial charge in [0.1, 0.15) is 0 Å². The molecule has 0 atom stereocenters. The molecule has 0 saturated heterocycles. The van der Waals surface area contributed by atoms with Gasteiger partial charge < -0.3 is 9.79 Å². The summed E-state index contributed by atoms with van der Waals surface area (Å²) in [5, 5.41) is 0. The number of rotatable bonds is 30. The van der Waals surface area contributed by atoms with Crippen molar-refractivity contribution < 1.29 is 37.0 Å². The number of phosphoric ester groups is 2. The van der Waals surface area contributed by atoms with Crippen LogP contribution in [0.25, 0.3) is 0 Å².